The summed E-state index contributed by atoms with van der Waals surface area (Å²) in [5, 5.41) is 10.4. The highest BCUT2D eigenvalue weighted by Crippen LogP contribution is 2.09. The first-order valence-corrected chi connectivity index (χ1v) is 4.47. The second-order valence-corrected chi connectivity index (χ2v) is 3.10. The number of methoxy groups -OCH3 is 1. The van der Waals surface area contributed by atoms with Crippen molar-refractivity contribution in [3.63, 3.8) is 0 Å². The summed E-state index contributed by atoms with van der Waals surface area (Å²) in [6.45, 7) is 0. The Hall–Kier alpha value is -2.02. The van der Waals surface area contributed by atoms with Crippen LogP contribution in [0.5, 0.6) is 0 Å². The molecular weight excluding hydrogens is 214 g/mol. The molecule has 0 aromatic carbocycles. The number of hydrogen-bond donors (Lipinski definition) is 1. The van der Waals surface area contributed by atoms with Crippen molar-refractivity contribution in [3.05, 3.63) is 34.1 Å². The van der Waals surface area contributed by atoms with E-state index in [9.17, 15) is 14.9 Å². The summed E-state index contributed by atoms with van der Waals surface area (Å²) in [5.41, 5.74) is 5.91. The average Bonchev–Trinajstić information content (AvgIpc) is 2.28. The van der Waals surface area contributed by atoms with Crippen LogP contribution >= 0.6 is 0 Å². The minimum absolute atomic E-state index is 0.101. The third kappa shape index (κ3) is 2.99. The van der Waals surface area contributed by atoms with Crippen molar-refractivity contribution in [1.82, 2.24) is 4.98 Å². The van der Waals surface area contributed by atoms with Crippen LogP contribution in [0.4, 0.5) is 5.69 Å². The number of aromatic nitrogens is 1. The Labute approximate surface area is 91.4 Å². The largest absolute Gasteiger partial charge is 0.468 e. The second kappa shape index (κ2) is 5.17. The topological polar surface area (TPSA) is 108 Å². The van der Waals surface area contributed by atoms with E-state index in [2.05, 4.69) is 9.72 Å². The van der Waals surface area contributed by atoms with Gasteiger partial charge in [0.25, 0.3) is 5.69 Å². The molecule has 1 aromatic heterocycles. The third-order valence-electron chi connectivity index (χ3n) is 1.95. The molecular formula is C9H11N3O4. The Morgan fingerprint density at radius 2 is 2.38 bits per heavy atom. The minimum Gasteiger partial charge on any atom is -0.468 e. The highest BCUT2D eigenvalue weighted by Gasteiger charge is 2.15. The van der Waals surface area contributed by atoms with Crippen molar-refractivity contribution in [2.45, 2.75) is 12.5 Å². The summed E-state index contributed by atoms with van der Waals surface area (Å²) >= 11 is 0. The van der Waals surface area contributed by atoms with Crippen LogP contribution in [0.15, 0.2) is 18.3 Å². The molecule has 0 fully saturated rings. The lowest BCUT2D eigenvalue weighted by atomic mass is 10.1. The zero-order chi connectivity index (χ0) is 12.1. The lowest BCUT2D eigenvalue weighted by Gasteiger charge is -2.07. The highest BCUT2D eigenvalue weighted by molar-refractivity contribution is 5.75. The van der Waals surface area contributed by atoms with E-state index in [1.807, 2.05) is 0 Å². The van der Waals surface area contributed by atoms with E-state index in [1.54, 1.807) is 0 Å². The van der Waals surface area contributed by atoms with Gasteiger partial charge in [-0.2, -0.15) is 0 Å². The van der Waals surface area contributed by atoms with Crippen molar-refractivity contribution in [2.24, 2.45) is 5.73 Å². The minimum atomic E-state index is -0.807. The predicted octanol–water partition coefficient (Wildman–Crippen LogP) is 0.0326. The lowest BCUT2D eigenvalue weighted by molar-refractivity contribution is -0.385. The Morgan fingerprint density at radius 1 is 1.69 bits per heavy atom. The molecule has 0 aliphatic carbocycles. The van der Waals surface area contributed by atoms with Gasteiger partial charge in [-0.3, -0.25) is 19.9 Å². The van der Waals surface area contributed by atoms with E-state index in [-0.39, 0.29) is 12.1 Å². The summed E-state index contributed by atoms with van der Waals surface area (Å²) in [6, 6.07) is 1.96. The summed E-state index contributed by atoms with van der Waals surface area (Å²) in [6.07, 6.45) is 1.31. The van der Waals surface area contributed by atoms with Gasteiger partial charge in [-0.1, -0.05) is 0 Å². The first-order valence-electron chi connectivity index (χ1n) is 4.47. The van der Waals surface area contributed by atoms with Gasteiger partial charge in [0.05, 0.1) is 12.0 Å². The van der Waals surface area contributed by atoms with Crippen LogP contribution in [0.1, 0.15) is 5.69 Å². The number of rotatable bonds is 4. The van der Waals surface area contributed by atoms with E-state index >= 15 is 0 Å². The number of carbonyl (C=O) groups is 1. The molecule has 1 heterocycles. The van der Waals surface area contributed by atoms with Crippen molar-refractivity contribution in [1.29, 1.82) is 0 Å². The second-order valence-electron chi connectivity index (χ2n) is 3.10. The Morgan fingerprint density at radius 3 is 2.81 bits per heavy atom. The van der Waals surface area contributed by atoms with Crippen molar-refractivity contribution >= 4 is 11.7 Å². The molecule has 1 aromatic rings. The van der Waals surface area contributed by atoms with Gasteiger partial charge in [0, 0.05) is 18.2 Å². The Balaban J connectivity index is 2.68. The Bertz CT molecular complexity index is 390. The quantitative estimate of drug-likeness (QED) is 0.440. The molecule has 0 amide bonds. The fraction of sp³-hybridized carbons (Fsp3) is 0.333. The van der Waals surface area contributed by atoms with Gasteiger partial charge in [0.1, 0.15) is 12.2 Å². The molecule has 0 saturated carbocycles. The number of nitro groups is 1. The standard InChI is InChI=1S/C9H11N3O4/c1-16-9(13)8(10)4-6-2-3-7(5-11-6)12(14)15/h2-3,5,8H,4,10H2,1H3. The van der Waals surface area contributed by atoms with E-state index in [1.165, 1.54) is 19.2 Å². The van der Waals surface area contributed by atoms with E-state index in [4.69, 9.17) is 5.73 Å². The summed E-state index contributed by atoms with van der Waals surface area (Å²) < 4.78 is 4.45. The highest BCUT2D eigenvalue weighted by atomic mass is 16.6. The first-order chi connectivity index (χ1) is 7.54. The summed E-state index contributed by atoms with van der Waals surface area (Å²) in [5.74, 6) is -0.542. The number of nitrogens with zero attached hydrogens (tertiary/aromatic N) is 2. The lowest BCUT2D eigenvalue weighted by Crippen LogP contribution is -2.33. The molecule has 1 unspecified atom stereocenters. The number of pyridine rings is 1. The van der Waals surface area contributed by atoms with Crippen LogP contribution in [0, 0.1) is 10.1 Å². The first kappa shape index (κ1) is 12.1. The smallest absolute Gasteiger partial charge is 0.323 e. The molecule has 0 spiro atoms. The van der Waals surface area contributed by atoms with Gasteiger partial charge in [0.2, 0.25) is 0 Å². The van der Waals surface area contributed by atoms with Gasteiger partial charge >= 0.3 is 5.97 Å². The SMILES string of the molecule is COC(=O)C(N)Cc1ccc([N+](=O)[O-])cn1. The maximum Gasteiger partial charge on any atom is 0.323 e. The normalized spacial score (nSPS) is 11.9. The van der Waals surface area contributed by atoms with Gasteiger partial charge in [-0.05, 0) is 6.07 Å². The van der Waals surface area contributed by atoms with Crippen molar-refractivity contribution in [3.8, 4) is 0 Å². The molecule has 16 heavy (non-hydrogen) atoms. The van der Waals surface area contributed by atoms with Crippen LogP contribution in [0.3, 0.4) is 0 Å². The summed E-state index contributed by atoms with van der Waals surface area (Å²) in [7, 11) is 1.24. The van der Waals surface area contributed by atoms with E-state index < -0.39 is 16.9 Å². The molecule has 0 aliphatic heterocycles. The van der Waals surface area contributed by atoms with Crippen molar-refractivity contribution in [2.75, 3.05) is 7.11 Å². The number of carbonyl (C=O) groups excluding carboxylic acids is 1. The number of nitrogens with two attached hydrogens (primary N) is 1. The van der Waals surface area contributed by atoms with Gasteiger partial charge in [-0.25, -0.2) is 0 Å². The molecule has 86 valence electrons. The molecule has 0 aliphatic rings. The van der Waals surface area contributed by atoms with E-state index in [0.717, 1.165) is 6.20 Å². The fourth-order valence-electron chi connectivity index (χ4n) is 1.11. The summed E-state index contributed by atoms with van der Waals surface area (Å²) in [4.78, 5) is 24.6. The Kier molecular flexibility index (Phi) is 3.90. The molecule has 7 nitrogen and oxygen atoms in total. The van der Waals surface area contributed by atoms with Gasteiger partial charge < -0.3 is 10.5 Å². The molecule has 7 heteroatoms. The molecule has 1 atom stereocenters. The predicted molar refractivity (Wildman–Crippen MR) is 54.6 cm³/mol. The molecule has 2 N–H and O–H groups in total. The van der Waals surface area contributed by atoms with Crippen LogP contribution in [0.25, 0.3) is 0 Å². The molecule has 1 rings (SSSR count). The maximum atomic E-state index is 11.0. The van der Waals surface area contributed by atoms with Crippen LogP contribution < -0.4 is 5.73 Å². The molecule has 0 radical (unpaired) electrons. The molecule has 0 bridgehead atoms. The van der Waals surface area contributed by atoms with E-state index in [0.29, 0.717) is 5.69 Å². The number of esters is 1. The maximum absolute atomic E-state index is 11.0. The zero-order valence-corrected chi connectivity index (χ0v) is 8.62. The van der Waals surface area contributed by atoms with Crippen LogP contribution in [-0.4, -0.2) is 29.0 Å². The number of ether oxygens (including phenoxy) is 1. The molecule has 0 saturated heterocycles. The monoisotopic (exact) mass is 225 g/mol. The van der Waals surface area contributed by atoms with Crippen LogP contribution in [-0.2, 0) is 16.0 Å². The zero-order valence-electron chi connectivity index (χ0n) is 8.62. The fourth-order valence-corrected chi connectivity index (χ4v) is 1.11. The van der Waals surface area contributed by atoms with Crippen molar-refractivity contribution < 1.29 is 14.5 Å². The van der Waals surface area contributed by atoms with Gasteiger partial charge in [0.15, 0.2) is 0 Å². The van der Waals surface area contributed by atoms with Gasteiger partial charge in [-0.15, -0.1) is 0 Å². The average molecular weight is 225 g/mol. The third-order valence-corrected chi connectivity index (χ3v) is 1.95. The number of hydrogen-bond acceptors (Lipinski definition) is 6. The van der Waals surface area contributed by atoms with Crippen LogP contribution in [0.2, 0.25) is 0 Å².